The second kappa shape index (κ2) is 8.88. The van der Waals surface area contributed by atoms with Crippen LogP contribution in [-0.2, 0) is 9.53 Å². The van der Waals surface area contributed by atoms with Crippen LogP contribution in [0.1, 0.15) is 42.5 Å². The van der Waals surface area contributed by atoms with Crippen LogP contribution >= 0.6 is 0 Å². The number of esters is 1. The summed E-state index contributed by atoms with van der Waals surface area (Å²) >= 11 is 0. The van der Waals surface area contributed by atoms with Crippen LogP contribution in [0.25, 0.3) is 10.9 Å². The smallest absolute Gasteiger partial charge is 0.305 e. The Morgan fingerprint density at radius 1 is 1.09 bits per heavy atom. The fourth-order valence-corrected chi connectivity index (χ4v) is 2.43. The van der Waals surface area contributed by atoms with E-state index in [1.165, 1.54) is 7.11 Å². The summed E-state index contributed by atoms with van der Waals surface area (Å²) in [5, 5.41) is 3.89. The van der Waals surface area contributed by atoms with E-state index in [-0.39, 0.29) is 11.9 Å². The van der Waals surface area contributed by atoms with E-state index in [0.29, 0.717) is 18.5 Å². The Hall–Kier alpha value is -2.43. The van der Waals surface area contributed by atoms with E-state index in [1.807, 2.05) is 24.3 Å². The highest BCUT2D eigenvalue weighted by Gasteiger charge is 2.09. The quantitative estimate of drug-likeness (QED) is 0.600. The first-order valence-corrected chi connectivity index (χ1v) is 7.91. The zero-order valence-electron chi connectivity index (χ0n) is 13.4. The van der Waals surface area contributed by atoms with E-state index in [4.69, 9.17) is 0 Å². The number of carbonyl (C=O) groups is 2. The number of carbonyl (C=O) groups excluding carboxylic acids is 2. The average molecular weight is 314 g/mol. The normalized spacial score (nSPS) is 10.5. The molecule has 1 heterocycles. The fourth-order valence-electron chi connectivity index (χ4n) is 2.43. The molecular formula is C18H22N2O3. The molecule has 1 aromatic carbocycles. The van der Waals surface area contributed by atoms with Crippen molar-refractivity contribution in [2.75, 3.05) is 13.7 Å². The van der Waals surface area contributed by atoms with Crippen LogP contribution in [0.3, 0.4) is 0 Å². The molecule has 0 fully saturated rings. The number of fused-ring (bicyclic) bond motifs is 1. The molecule has 23 heavy (non-hydrogen) atoms. The number of nitrogens with one attached hydrogen (secondary N) is 1. The molecule has 0 aliphatic rings. The molecule has 0 saturated heterocycles. The number of hydrogen-bond acceptors (Lipinski definition) is 4. The average Bonchev–Trinajstić information content (AvgIpc) is 2.59. The van der Waals surface area contributed by atoms with Gasteiger partial charge in [0.05, 0.1) is 18.2 Å². The van der Waals surface area contributed by atoms with Gasteiger partial charge >= 0.3 is 5.97 Å². The van der Waals surface area contributed by atoms with Crippen LogP contribution in [0.4, 0.5) is 0 Å². The lowest BCUT2D eigenvalue weighted by molar-refractivity contribution is -0.140. The Bertz CT molecular complexity index is 665. The first-order chi connectivity index (χ1) is 11.2. The summed E-state index contributed by atoms with van der Waals surface area (Å²) in [4.78, 5) is 27.5. The molecule has 0 atom stereocenters. The van der Waals surface area contributed by atoms with Crippen LogP contribution in [0.15, 0.2) is 36.5 Å². The predicted molar refractivity (Wildman–Crippen MR) is 89.2 cm³/mol. The van der Waals surface area contributed by atoms with E-state index < -0.39 is 0 Å². The largest absolute Gasteiger partial charge is 0.469 e. The summed E-state index contributed by atoms with van der Waals surface area (Å²) in [7, 11) is 1.40. The third-order valence-corrected chi connectivity index (χ3v) is 3.70. The summed E-state index contributed by atoms with van der Waals surface area (Å²) in [5.74, 6) is -0.259. The molecule has 0 spiro atoms. The van der Waals surface area contributed by atoms with Gasteiger partial charge in [-0.2, -0.15) is 0 Å². The number of unbranched alkanes of at least 4 members (excludes halogenated alkanes) is 3. The highest BCUT2D eigenvalue weighted by atomic mass is 16.5. The van der Waals surface area contributed by atoms with Crippen LogP contribution in [0.2, 0.25) is 0 Å². The summed E-state index contributed by atoms with van der Waals surface area (Å²) in [5.41, 5.74) is 1.33. The van der Waals surface area contributed by atoms with Crippen molar-refractivity contribution in [1.29, 1.82) is 0 Å². The number of amides is 1. The van der Waals surface area contributed by atoms with Crippen molar-refractivity contribution in [3.05, 3.63) is 42.1 Å². The summed E-state index contributed by atoms with van der Waals surface area (Å²) < 4.78 is 4.59. The molecule has 1 amide bonds. The first-order valence-electron chi connectivity index (χ1n) is 7.91. The van der Waals surface area contributed by atoms with Crippen molar-refractivity contribution in [1.82, 2.24) is 10.3 Å². The van der Waals surface area contributed by atoms with Crippen molar-refractivity contribution in [3.8, 4) is 0 Å². The molecule has 2 aromatic rings. The van der Waals surface area contributed by atoms with Gasteiger partial charge in [-0.1, -0.05) is 31.0 Å². The number of hydrogen-bond donors (Lipinski definition) is 1. The van der Waals surface area contributed by atoms with Gasteiger partial charge in [0.25, 0.3) is 5.91 Å². The van der Waals surface area contributed by atoms with E-state index in [0.717, 1.165) is 36.6 Å². The third-order valence-electron chi connectivity index (χ3n) is 3.70. The molecule has 1 N–H and O–H groups in total. The zero-order valence-corrected chi connectivity index (χ0v) is 13.4. The molecule has 5 nitrogen and oxygen atoms in total. The molecule has 0 bridgehead atoms. The second-order valence-corrected chi connectivity index (χ2v) is 5.38. The molecule has 0 radical (unpaired) electrons. The van der Waals surface area contributed by atoms with Gasteiger partial charge in [-0.05, 0) is 25.0 Å². The van der Waals surface area contributed by atoms with Crippen molar-refractivity contribution >= 4 is 22.8 Å². The van der Waals surface area contributed by atoms with Gasteiger partial charge in [-0.15, -0.1) is 0 Å². The maximum Gasteiger partial charge on any atom is 0.305 e. The van der Waals surface area contributed by atoms with Crippen LogP contribution < -0.4 is 5.32 Å². The van der Waals surface area contributed by atoms with Crippen molar-refractivity contribution in [3.63, 3.8) is 0 Å². The minimum Gasteiger partial charge on any atom is -0.469 e. The Balaban J connectivity index is 1.74. The van der Waals surface area contributed by atoms with Crippen LogP contribution in [0.5, 0.6) is 0 Å². The maximum absolute atomic E-state index is 12.3. The molecule has 1 aromatic heterocycles. The van der Waals surface area contributed by atoms with Gasteiger partial charge in [0, 0.05) is 24.5 Å². The molecule has 0 unspecified atom stereocenters. The standard InChI is InChI=1S/C18H22N2O3/c1-23-16(21)11-4-2-3-5-12-20-18(22)15-10-6-8-14-9-7-13-19-17(14)15/h6-10,13H,2-5,11-12H2,1H3,(H,20,22). The number of para-hydroxylation sites is 1. The van der Waals surface area contributed by atoms with Crippen molar-refractivity contribution in [2.45, 2.75) is 32.1 Å². The fraction of sp³-hybridized carbons (Fsp3) is 0.389. The molecule has 0 saturated carbocycles. The molecular weight excluding hydrogens is 292 g/mol. The Kier molecular flexibility index (Phi) is 6.54. The summed E-state index contributed by atoms with van der Waals surface area (Å²) in [6.07, 6.45) is 5.82. The lowest BCUT2D eigenvalue weighted by atomic mass is 10.1. The van der Waals surface area contributed by atoms with E-state index in [9.17, 15) is 9.59 Å². The Morgan fingerprint density at radius 3 is 2.70 bits per heavy atom. The molecule has 0 aliphatic heterocycles. The number of methoxy groups -OCH3 is 1. The lowest BCUT2D eigenvalue weighted by Gasteiger charge is -2.07. The third kappa shape index (κ3) is 5.06. The molecule has 2 rings (SSSR count). The molecule has 122 valence electrons. The van der Waals surface area contributed by atoms with Crippen LogP contribution in [0, 0.1) is 0 Å². The van der Waals surface area contributed by atoms with E-state index in [2.05, 4.69) is 15.0 Å². The van der Waals surface area contributed by atoms with Gasteiger partial charge in [-0.3, -0.25) is 14.6 Å². The first kappa shape index (κ1) is 16.9. The maximum atomic E-state index is 12.3. The van der Waals surface area contributed by atoms with Gasteiger partial charge < -0.3 is 10.1 Å². The summed E-state index contributed by atoms with van der Waals surface area (Å²) in [6.45, 7) is 0.625. The minimum atomic E-state index is -0.165. The molecule has 5 heteroatoms. The monoisotopic (exact) mass is 314 g/mol. The van der Waals surface area contributed by atoms with Crippen molar-refractivity contribution < 1.29 is 14.3 Å². The lowest BCUT2D eigenvalue weighted by Crippen LogP contribution is -2.24. The van der Waals surface area contributed by atoms with Crippen molar-refractivity contribution in [2.24, 2.45) is 0 Å². The second-order valence-electron chi connectivity index (χ2n) is 5.38. The van der Waals surface area contributed by atoms with Gasteiger partial charge in [0.1, 0.15) is 0 Å². The minimum absolute atomic E-state index is 0.0936. The SMILES string of the molecule is COC(=O)CCCCCCNC(=O)c1cccc2cccnc12. The number of benzene rings is 1. The van der Waals surface area contributed by atoms with E-state index in [1.54, 1.807) is 12.3 Å². The van der Waals surface area contributed by atoms with Gasteiger partial charge in [-0.25, -0.2) is 0 Å². The number of aromatic nitrogens is 1. The summed E-state index contributed by atoms with van der Waals surface area (Å²) in [6, 6.07) is 9.41. The Morgan fingerprint density at radius 2 is 1.87 bits per heavy atom. The highest BCUT2D eigenvalue weighted by molar-refractivity contribution is 6.05. The van der Waals surface area contributed by atoms with Gasteiger partial charge in [0.2, 0.25) is 0 Å². The highest BCUT2D eigenvalue weighted by Crippen LogP contribution is 2.15. The molecule has 0 aliphatic carbocycles. The number of rotatable bonds is 8. The Labute approximate surface area is 136 Å². The van der Waals surface area contributed by atoms with E-state index >= 15 is 0 Å². The topological polar surface area (TPSA) is 68.3 Å². The van der Waals surface area contributed by atoms with Crippen LogP contribution in [-0.4, -0.2) is 30.5 Å². The number of pyridine rings is 1. The van der Waals surface area contributed by atoms with Gasteiger partial charge in [0.15, 0.2) is 0 Å². The number of ether oxygens (including phenoxy) is 1. The number of nitrogens with zero attached hydrogens (tertiary/aromatic N) is 1. The predicted octanol–water partition coefficient (Wildman–Crippen LogP) is 3.09. The zero-order chi connectivity index (χ0) is 16.5.